The van der Waals surface area contributed by atoms with Crippen molar-refractivity contribution in [1.82, 2.24) is 5.32 Å². The third-order valence-electron chi connectivity index (χ3n) is 6.26. The van der Waals surface area contributed by atoms with E-state index in [1.54, 1.807) is 18.2 Å². The molecule has 0 bridgehead atoms. The summed E-state index contributed by atoms with van der Waals surface area (Å²) < 4.78 is 12.2. The van der Waals surface area contributed by atoms with Crippen molar-refractivity contribution < 1.29 is 18.7 Å². The summed E-state index contributed by atoms with van der Waals surface area (Å²) in [6.45, 7) is 2.10. The van der Waals surface area contributed by atoms with Gasteiger partial charge in [-0.15, -0.1) is 0 Å². The molecule has 1 spiro atoms. The van der Waals surface area contributed by atoms with Crippen LogP contribution in [0.4, 0.5) is 0 Å². The molecule has 2 heterocycles. The quantitative estimate of drug-likeness (QED) is 0.595. The number of rotatable bonds is 3. The number of nitrogens with one attached hydrogen (secondary N) is 1. The van der Waals surface area contributed by atoms with Gasteiger partial charge in [0.15, 0.2) is 11.5 Å². The van der Waals surface area contributed by atoms with Gasteiger partial charge in [-0.2, -0.15) is 0 Å². The van der Waals surface area contributed by atoms with E-state index in [4.69, 9.17) is 20.8 Å². The molecule has 30 heavy (non-hydrogen) atoms. The molecule has 1 aromatic heterocycles. The lowest BCUT2D eigenvalue weighted by Crippen LogP contribution is -2.39. The summed E-state index contributed by atoms with van der Waals surface area (Å²) in [4.78, 5) is 25.9. The molecule has 3 aromatic rings. The average molecular weight is 424 g/mol. The molecular formula is C24H22ClNO4. The normalized spacial score (nSPS) is 17.2. The molecule has 0 unspecified atom stereocenters. The first-order chi connectivity index (χ1) is 14.5. The second kappa shape index (κ2) is 7.17. The zero-order valence-electron chi connectivity index (χ0n) is 16.7. The minimum absolute atomic E-state index is 0.0654. The average Bonchev–Trinajstić information content (AvgIpc) is 3.31. The summed E-state index contributed by atoms with van der Waals surface area (Å²) in [7, 11) is 0. The first-order valence-corrected chi connectivity index (χ1v) is 10.7. The maximum absolute atomic E-state index is 13.1. The van der Waals surface area contributed by atoms with Crippen LogP contribution in [0.3, 0.4) is 0 Å². The molecule has 0 saturated heterocycles. The number of ether oxygens (including phenoxy) is 1. The zero-order chi connectivity index (χ0) is 20.9. The Morgan fingerprint density at radius 2 is 1.93 bits per heavy atom. The Hall–Kier alpha value is -2.79. The van der Waals surface area contributed by atoms with E-state index in [1.807, 2.05) is 25.1 Å². The summed E-state index contributed by atoms with van der Waals surface area (Å²) >= 11 is 6.17. The molecule has 6 heteroatoms. The molecular weight excluding hydrogens is 402 g/mol. The molecule has 1 N–H and O–H groups in total. The number of furan rings is 1. The van der Waals surface area contributed by atoms with E-state index >= 15 is 0 Å². The number of aryl methyl sites for hydroxylation is 1. The Kier molecular flexibility index (Phi) is 4.58. The second-order valence-corrected chi connectivity index (χ2v) is 8.64. The van der Waals surface area contributed by atoms with Crippen molar-refractivity contribution >= 4 is 34.3 Å². The van der Waals surface area contributed by atoms with Gasteiger partial charge in [-0.05, 0) is 56.4 Å². The third kappa shape index (κ3) is 3.08. The van der Waals surface area contributed by atoms with E-state index in [2.05, 4.69) is 5.32 Å². The summed E-state index contributed by atoms with van der Waals surface area (Å²) in [5, 5.41) is 4.12. The van der Waals surface area contributed by atoms with Gasteiger partial charge >= 0.3 is 0 Å². The fourth-order valence-corrected chi connectivity index (χ4v) is 4.95. The van der Waals surface area contributed by atoms with Gasteiger partial charge in [0.1, 0.15) is 16.9 Å². The van der Waals surface area contributed by atoms with E-state index in [0.29, 0.717) is 39.3 Å². The number of ketones is 1. The van der Waals surface area contributed by atoms with Crippen molar-refractivity contribution in [3.05, 3.63) is 63.9 Å². The molecule has 1 aliphatic heterocycles. The molecule has 5 nitrogen and oxygen atoms in total. The molecule has 5 rings (SSSR count). The predicted molar refractivity (Wildman–Crippen MR) is 114 cm³/mol. The van der Waals surface area contributed by atoms with E-state index in [-0.39, 0.29) is 29.6 Å². The second-order valence-electron chi connectivity index (χ2n) is 8.23. The van der Waals surface area contributed by atoms with Gasteiger partial charge in [0.05, 0.1) is 12.0 Å². The molecule has 1 saturated carbocycles. The Labute approximate surface area is 179 Å². The Balaban J connectivity index is 1.48. The number of fused-ring (bicyclic) bond motifs is 3. The van der Waals surface area contributed by atoms with Crippen LogP contribution in [0.5, 0.6) is 5.75 Å². The standard InChI is InChI=1S/C24H22ClNO4/c1-14-20-18(29-22(14)23(28)26-13-15-6-2-3-7-16(15)25)8-9-19-21(20)17(27)12-24(30-19)10-4-5-11-24/h2-3,6-9H,4-5,10-13H2,1H3,(H,26,28). The van der Waals surface area contributed by atoms with Gasteiger partial charge in [0.25, 0.3) is 5.91 Å². The minimum atomic E-state index is -0.357. The lowest BCUT2D eigenvalue weighted by atomic mass is 9.87. The lowest BCUT2D eigenvalue weighted by Gasteiger charge is -2.34. The lowest BCUT2D eigenvalue weighted by molar-refractivity contribution is 0.0454. The van der Waals surface area contributed by atoms with Gasteiger partial charge in [-0.25, -0.2) is 0 Å². The predicted octanol–water partition coefficient (Wildman–Crippen LogP) is 5.60. The smallest absolute Gasteiger partial charge is 0.287 e. The number of amides is 1. The van der Waals surface area contributed by atoms with E-state index in [0.717, 1.165) is 31.2 Å². The SMILES string of the molecule is Cc1c(C(=O)NCc2ccccc2Cl)oc2ccc3c(c12)C(=O)CC1(CCCC1)O3. The number of benzene rings is 2. The Morgan fingerprint density at radius 3 is 2.70 bits per heavy atom. The van der Waals surface area contributed by atoms with Gasteiger partial charge in [-0.3, -0.25) is 9.59 Å². The molecule has 154 valence electrons. The Morgan fingerprint density at radius 1 is 1.17 bits per heavy atom. The monoisotopic (exact) mass is 423 g/mol. The highest BCUT2D eigenvalue weighted by Crippen LogP contribution is 2.46. The molecule has 1 aliphatic carbocycles. The fraction of sp³-hybridized carbons (Fsp3) is 0.333. The van der Waals surface area contributed by atoms with Crippen LogP contribution in [-0.4, -0.2) is 17.3 Å². The van der Waals surface area contributed by atoms with Crippen LogP contribution in [0.25, 0.3) is 11.0 Å². The van der Waals surface area contributed by atoms with Crippen LogP contribution < -0.4 is 10.1 Å². The highest BCUT2D eigenvalue weighted by atomic mass is 35.5. The molecule has 2 aliphatic rings. The van der Waals surface area contributed by atoms with Gasteiger partial charge < -0.3 is 14.5 Å². The summed E-state index contributed by atoms with van der Waals surface area (Å²) in [6, 6.07) is 10.9. The molecule has 2 aromatic carbocycles. The highest BCUT2D eigenvalue weighted by Gasteiger charge is 2.43. The Bertz CT molecular complexity index is 1170. The third-order valence-corrected chi connectivity index (χ3v) is 6.63. The molecule has 0 radical (unpaired) electrons. The molecule has 1 fully saturated rings. The first kappa shape index (κ1) is 19.2. The van der Waals surface area contributed by atoms with E-state index in [1.165, 1.54) is 0 Å². The van der Waals surface area contributed by atoms with E-state index in [9.17, 15) is 9.59 Å². The number of Topliss-reactive ketones (excluding diaryl/α,β-unsaturated/α-hetero) is 1. The topological polar surface area (TPSA) is 68.5 Å². The van der Waals surface area contributed by atoms with Gasteiger partial charge in [-0.1, -0.05) is 29.8 Å². The number of carbonyl (C=O) groups excluding carboxylic acids is 2. The fourth-order valence-electron chi connectivity index (χ4n) is 4.75. The van der Waals surface area contributed by atoms with Crippen LogP contribution in [-0.2, 0) is 6.54 Å². The van der Waals surface area contributed by atoms with Crippen molar-refractivity contribution in [3.8, 4) is 5.75 Å². The van der Waals surface area contributed by atoms with Crippen molar-refractivity contribution in [1.29, 1.82) is 0 Å². The van der Waals surface area contributed by atoms with Crippen molar-refractivity contribution in [2.24, 2.45) is 0 Å². The van der Waals surface area contributed by atoms with Crippen molar-refractivity contribution in [3.63, 3.8) is 0 Å². The maximum Gasteiger partial charge on any atom is 0.287 e. The molecule has 0 atom stereocenters. The summed E-state index contributed by atoms with van der Waals surface area (Å²) in [5.41, 5.74) is 2.18. The number of hydrogen-bond acceptors (Lipinski definition) is 4. The number of halogens is 1. The van der Waals surface area contributed by atoms with Crippen LogP contribution in [0.2, 0.25) is 5.02 Å². The summed E-state index contributed by atoms with van der Waals surface area (Å²) in [5.74, 6) is 0.538. The number of carbonyl (C=O) groups is 2. The van der Waals surface area contributed by atoms with Crippen LogP contribution in [0.1, 0.15) is 64.1 Å². The highest BCUT2D eigenvalue weighted by molar-refractivity contribution is 6.31. The van der Waals surface area contributed by atoms with Crippen molar-refractivity contribution in [2.45, 2.75) is 51.2 Å². The largest absolute Gasteiger partial charge is 0.486 e. The van der Waals surface area contributed by atoms with Crippen molar-refractivity contribution in [2.75, 3.05) is 0 Å². The van der Waals surface area contributed by atoms with E-state index < -0.39 is 0 Å². The van der Waals surface area contributed by atoms with Gasteiger partial charge in [0, 0.05) is 22.5 Å². The van der Waals surface area contributed by atoms with Crippen LogP contribution >= 0.6 is 11.6 Å². The molecule has 1 amide bonds. The van der Waals surface area contributed by atoms with Crippen LogP contribution in [0.15, 0.2) is 40.8 Å². The number of hydrogen-bond donors (Lipinski definition) is 1. The van der Waals surface area contributed by atoms with Crippen LogP contribution in [0, 0.1) is 6.92 Å². The first-order valence-electron chi connectivity index (χ1n) is 10.3. The zero-order valence-corrected chi connectivity index (χ0v) is 17.5. The minimum Gasteiger partial charge on any atom is -0.486 e. The maximum atomic E-state index is 13.1. The van der Waals surface area contributed by atoms with Gasteiger partial charge in [0.2, 0.25) is 0 Å². The summed E-state index contributed by atoms with van der Waals surface area (Å²) in [6.07, 6.45) is 4.39.